The lowest BCUT2D eigenvalue weighted by Gasteiger charge is -2.40. The molecule has 6 rings (SSSR count). The van der Waals surface area contributed by atoms with Crippen molar-refractivity contribution in [3.05, 3.63) is 82.3 Å². The van der Waals surface area contributed by atoms with Crippen molar-refractivity contribution in [2.45, 2.75) is 46.3 Å². The molecule has 216 valence electrons. The van der Waals surface area contributed by atoms with Gasteiger partial charge in [-0.05, 0) is 55.2 Å². The molecule has 0 aliphatic carbocycles. The van der Waals surface area contributed by atoms with Crippen LogP contribution in [-0.4, -0.2) is 51.0 Å². The average Bonchev–Trinajstić information content (AvgIpc) is 2.97. The van der Waals surface area contributed by atoms with Gasteiger partial charge in [-0.1, -0.05) is 32.6 Å². The van der Waals surface area contributed by atoms with Crippen LogP contribution in [0.5, 0.6) is 5.75 Å². The molecule has 2 aromatic carbocycles. The van der Waals surface area contributed by atoms with Crippen LogP contribution in [0.15, 0.2) is 54.0 Å². The number of pyridine rings is 1. The Labute approximate surface area is 243 Å². The van der Waals surface area contributed by atoms with Gasteiger partial charge in [0.1, 0.15) is 23.8 Å². The van der Waals surface area contributed by atoms with Crippen LogP contribution >= 0.6 is 0 Å². The molecule has 1 atom stereocenters. The van der Waals surface area contributed by atoms with Gasteiger partial charge in [-0.2, -0.15) is 4.98 Å². The Morgan fingerprint density at radius 1 is 1.24 bits per heavy atom. The number of carbonyl (C=O) groups is 1. The van der Waals surface area contributed by atoms with Gasteiger partial charge in [0.05, 0.1) is 16.9 Å². The van der Waals surface area contributed by atoms with E-state index in [-0.39, 0.29) is 35.8 Å². The summed E-state index contributed by atoms with van der Waals surface area (Å²) in [4.78, 5) is 39.3. The number of amides is 1. The number of nitrogens with zero attached hydrogens (tertiary/aromatic N) is 5. The number of hydrogen-bond donors (Lipinski definition) is 1. The second-order valence-corrected chi connectivity index (χ2v) is 11.2. The molecule has 0 unspecified atom stereocenters. The number of hydrogen-bond acceptors (Lipinski definition) is 7. The Bertz CT molecular complexity index is 1830. The second kappa shape index (κ2) is 10.3. The van der Waals surface area contributed by atoms with Gasteiger partial charge in [0, 0.05) is 48.5 Å². The monoisotopic (exact) mass is 568 g/mol. The van der Waals surface area contributed by atoms with Crippen LogP contribution in [0.25, 0.3) is 27.7 Å². The first-order valence-electron chi connectivity index (χ1n) is 14.1. The lowest BCUT2D eigenvalue weighted by molar-refractivity contribution is -0.126. The van der Waals surface area contributed by atoms with Gasteiger partial charge in [-0.3, -0.25) is 14.3 Å². The highest BCUT2D eigenvalue weighted by atomic mass is 19.1. The smallest absolute Gasteiger partial charge is 0.354 e. The second-order valence-electron chi connectivity index (χ2n) is 11.2. The number of nitrogen functional groups attached to an aromatic ring is 1. The van der Waals surface area contributed by atoms with Crippen LogP contribution in [-0.2, 0) is 11.4 Å². The highest BCUT2D eigenvalue weighted by Gasteiger charge is 2.34. The van der Waals surface area contributed by atoms with Crippen molar-refractivity contribution in [1.82, 2.24) is 19.4 Å². The third-order valence-electron chi connectivity index (χ3n) is 8.18. The zero-order valence-electron chi connectivity index (χ0n) is 24.1. The molecule has 10 heteroatoms. The fraction of sp³-hybridized carbons (Fsp3) is 0.312. The minimum Gasteiger partial charge on any atom is -0.486 e. The van der Waals surface area contributed by atoms with Crippen molar-refractivity contribution in [3.8, 4) is 22.6 Å². The molecule has 42 heavy (non-hydrogen) atoms. The maximum Gasteiger partial charge on any atom is 0.354 e. The largest absolute Gasteiger partial charge is 0.486 e. The van der Waals surface area contributed by atoms with Crippen LogP contribution in [0.3, 0.4) is 0 Å². The Kier molecular flexibility index (Phi) is 6.71. The maximum absolute atomic E-state index is 16.3. The third kappa shape index (κ3) is 4.20. The Morgan fingerprint density at radius 2 is 2.02 bits per heavy atom. The zero-order valence-corrected chi connectivity index (χ0v) is 24.1. The summed E-state index contributed by atoms with van der Waals surface area (Å²) in [6, 6.07) is 8.47. The number of piperazine rings is 1. The van der Waals surface area contributed by atoms with Crippen molar-refractivity contribution in [2.75, 3.05) is 30.3 Å². The normalized spacial score (nSPS) is 16.3. The van der Waals surface area contributed by atoms with E-state index in [0.717, 1.165) is 11.1 Å². The number of rotatable bonds is 4. The van der Waals surface area contributed by atoms with Gasteiger partial charge in [-0.25, -0.2) is 9.18 Å². The number of anilines is 2. The third-order valence-corrected chi connectivity index (χ3v) is 8.18. The van der Waals surface area contributed by atoms with Crippen LogP contribution in [0.2, 0.25) is 0 Å². The number of aryl methyl sites for hydroxylation is 1. The van der Waals surface area contributed by atoms with E-state index >= 15 is 4.39 Å². The summed E-state index contributed by atoms with van der Waals surface area (Å²) in [5.41, 5.74) is 10.4. The molecule has 2 aliphatic heterocycles. The number of aromatic nitrogens is 3. The summed E-state index contributed by atoms with van der Waals surface area (Å²) in [7, 11) is 0. The molecule has 2 aromatic heterocycles. The number of benzene rings is 2. The van der Waals surface area contributed by atoms with E-state index in [9.17, 15) is 9.59 Å². The number of nitrogens with two attached hydrogens (primary N) is 1. The maximum atomic E-state index is 16.3. The Morgan fingerprint density at radius 3 is 2.74 bits per heavy atom. The van der Waals surface area contributed by atoms with Crippen LogP contribution in [0.4, 0.5) is 15.9 Å². The predicted molar refractivity (Wildman–Crippen MR) is 162 cm³/mol. The van der Waals surface area contributed by atoms with Crippen molar-refractivity contribution in [1.29, 1.82) is 0 Å². The fourth-order valence-electron chi connectivity index (χ4n) is 6.19. The molecule has 1 fully saturated rings. The Balaban J connectivity index is 1.70. The van der Waals surface area contributed by atoms with E-state index in [2.05, 4.69) is 16.5 Å². The van der Waals surface area contributed by atoms with E-state index in [4.69, 9.17) is 10.5 Å². The van der Waals surface area contributed by atoms with Crippen molar-refractivity contribution in [2.24, 2.45) is 0 Å². The van der Waals surface area contributed by atoms with E-state index in [1.54, 1.807) is 17.2 Å². The molecule has 1 saturated heterocycles. The first-order chi connectivity index (χ1) is 20.1. The van der Waals surface area contributed by atoms with Crippen LogP contribution < -0.4 is 21.1 Å². The molecular weight excluding hydrogens is 535 g/mol. The van der Waals surface area contributed by atoms with Gasteiger partial charge in [0.25, 0.3) is 0 Å². The molecule has 2 aliphatic rings. The summed E-state index contributed by atoms with van der Waals surface area (Å²) < 4.78 is 24.1. The van der Waals surface area contributed by atoms with E-state index in [1.165, 1.54) is 16.7 Å². The molecule has 4 aromatic rings. The van der Waals surface area contributed by atoms with Gasteiger partial charge in [0.15, 0.2) is 5.75 Å². The van der Waals surface area contributed by atoms with Gasteiger partial charge in [-0.15, -0.1) is 0 Å². The van der Waals surface area contributed by atoms with Crippen LogP contribution in [0, 0.1) is 12.7 Å². The zero-order chi connectivity index (χ0) is 29.9. The van der Waals surface area contributed by atoms with Crippen LogP contribution in [0.1, 0.15) is 43.5 Å². The standard InChI is InChI=1S/C32H33FN6O3/c1-6-24(40)37-12-13-38(19(5)15-37)31-21-14-22(33)26-25-20(8-7-9-23(25)34)16-42-30(26)29(21)39(32(41)36-31)28-18(4)10-11-35-27(28)17(2)3/h6-11,14,17,19H,1,12-13,15-16,34H2,2-5H3/t19-/m0/s1. The summed E-state index contributed by atoms with van der Waals surface area (Å²) >= 11 is 0. The van der Waals surface area contributed by atoms with Gasteiger partial charge >= 0.3 is 5.69 Å². The SMILES string of the molecule is C=CC(=O)N1CCN(c2nc(=O)n(-c3c(C)ccnc3C(C)C)c3c4c(c(F)cc23)-c2c(N)cccc2CO4)[C@@H](C)C1. The molecule has 2 N–H and O–H groups in total. The first-order valence-corrected chi connectivity index (χ1v) is 14.1. The predicted octanol–water partition coefficient (Wildman–Crippen LogP) is 4.72. The lowest BCUT2D eigenvalue weighted by atomic mass is 9.93. The Hall–Kier alpha value is -4.73. The fourth-order valence-corrected chi connectivity index (χ4v) is 6.19. The first kappa shape index (κ1) is 27.4. The molecule has 9 nitrogen and oxygen atoms in total. The number of carbonyl (C=O) groups excluding carboxylic acids is 1. The topological polar surface area (TPSA) is 107 Å². The number of halogens is 1. The lowest BCUT2D eigenvalue weighted by Crippen LogP contribution is -2.54. The quantitative estimate of drug-likeness (QED) is 0.281. The molecule has 0 radical (unpaired) electrons. The van der Waals surface area contributed by atoms with Gasteiger partial charge in [0.2, 0.25) is 5.91 Å². The highest BCUT2D eigenvalue weighted by molar-refractivity contribution is 6.02. The molecular formula is C32H33FN6O3. The van der Waals surface area contributed by atoms with E-state index < -0.39 is 11.5 Å². The summed E-state index contributed by atoms with van der Waals surface area (Å²) in [5, 5.41) is 0.428. The summed E-state index contributed by atoms with van der Waals surface area (Å²) in [5.74, 6) is -0.112. The highest BCUT2D eigenvalue weighted by Crippen LogP contribution is 2.48. The van der Waals surface area contributed by atoms with Crippen molar-refractivity contribution < 1.29 is 13.9 Å². The van der Waals surface area contributed by atoms with E-state index in [0.29, 0.717) is 59.0 Å². The average molecular weight is 569 g/mol. The molecule has 0 bridgehead atoms. The molecule has 1 amide bonds. The number of ether oxygens (including phenoxy) is 1. The van der Waals surface area contributed by atoms with E-state index in [1.807, 2.05) is 50.8 Å². The molecule has 4 heterocycles. The summed E-state index contributed by atoms with van der Waals surface area (Å²) in [6.45, 7) is 12.9. The minimum atomic E-state index is -0.531. The van der Waals surface area contributed by atoms with Crippen molar-refractivity contribution >= 4 is 28.3 Å². The van der Waals surface area contributed by atoms with Gasteiger partial charge < -0.3 is 20.3 Å². The molecule has 0 spiro atoms. The summed E-state index contributed by atoms with van der Waals surface area (Å²) in [6.07, 6.45) is 3.01. The number of fused-ring (bicyclic) bond motifs is 5. The minimum absolute atomic E-state index is 0.00872. The van der Waals surface area contributed by atoms with Crippen molar-refractivity contribution in [3.63, 3.8) is 0 Å². The molecule has 0 saturated carbocycles.